The van der Waals surface area contributed by atoms with Gasteiger partial charge in [-0.3, -0.25) is 9.69 Å². The average Bonchev–Trinajstić information content (AvgIpc) is 2.44. The van der Waals surface area contributed by atoms with Crippen LogP contribution in [-0.4, -0.2) is 16.4 Å². The lowest BCUT2D eigenvalue weighted by atomic mass is 10.0. The molecule has 1 N–H and O–H groups in total. The predicted octanol–water partition coefficient (Wildman–Crippen LogP) is 2.24. The van der Waals surface area contributed by atoms with E-state index in [-0.39, 0.29) is 5.43 Å². The first kappa shape index (κ1) is 12.2. The van der Waals surface area contributed by atoms with Gasteiger partial charge in [0, 0.05) is 42.7 Å². The van der Waals surface area contributed by atoms with Gasteiger partial charge < -0.3 is 4.98 Å². The number of aromatic amines is 1. The van der Waals surface area contributed by atoms with Crippen molar-refractivity contribution in [1.82, 2.24) is 9.88 Å². The summed E-state index contributed by atoms with van der Waals surface area (Å²) in [5.74, 6) is 0. The van der Waals surface area contributed by atoms with Crippen molar-refractivity contribution in [3.8, 4) is 0 Å². The second-order valence-corrected chi connectivity index (χ2v) is 5.20. The number of benzene rings is 1. The third kappa shape index (κ3) is 2.47. The summed E-state index contributed by atoms with van der Waals surface area (Å²) in [5.41, 5.74) is 4.41. The molecule has 0 radical (unpaired) electrons. The average molecular weight is 254 g/mol. The lowest BCUT2D eigenvalue weighted by molar-refractivity contribution is 0.241. The molecule has 19 heavy (non-hydrogen) atoms. The molecule has 0 saturated heterocycles. The normalized spacial score (nSPS) is 15.2. The topological polar surface area (TPSA) is 36.1 Å². The summed E-state index contributed by atoms with van der Waals surface area (Å²) in [4.78, 5) is 17.7. The summed E-state index contributed by atoms with van der Waals surface area (Å²) in [6.07, 6.45) is 2.67. The number of rotatable bonds is 2. The SMILES string of the molecule is Cc1c[nH]c2c(c1=O)CCN(Cc1ccccc1)C2. The minimum absolute atomic E-state index is 0.216. The van der Waals surface area contributed by atoms with Crippen LogP contribution in [0, 0.1) is 6.92 Å². The molecule has 0 aliphatic carbocycles. The molecular weight excluding hydrogens is 236 g/mol. The Labute approximate surface area is 112 Å². The zero-order valence-electron chi connectivity index (χ0n) is 11.1. The number of hydrogen-bond donors (Lipinski definition) is 1. The lowest BCUT2D eigenvalue weighted by Crippen LogP contribution is -2.34. The van der Waals surface area contributed by atoms with Crippen LogP contribution < -0.4 is 5.43 Å². The van der Waals surface area contributed by atoms with Crippen molar-refractivity contribution >= 4 is 0 Å². The van der Waals surface area contributed by atoms with E-state index in [1.165, 1.54) is 5.56 Å². The molecule has 0 bridgehead atoms. The Morgan fingerprint density at radius 2 is 2.05 bits per heavy atom. The quantitative estimate of drug-likeness (QED) is 0.892. The molecule has 0 unspecified atom stereocenters. The van der Waals surface area contributed by atoms with Crippen LogP contribution in [0.1, 0.15) is 22.4 Å². The number of nitrogens with one attached hydrogen (secondary N) is 1. The van der Waals surface area contributed by atoms with Crippen molar-refractivity contribution in [1.29, 1.82) is 0 Å². The van der Waals surface area contributed by atoms with Gasteiger partial charge in [-0.2, -0.15) is 0 Å². The fourth-order valence-electron chi connectivity index (χ4n) is 2.68. The van der Waals surface area contributed by atoms with Gasteiger partial charge in [0.05, 0.1) is 0 Å². The van der Waals surface area contributed by atoms with E-state index in [2.05, 4.69) is 34.1 Å². The second-order valence-electron chi connectivity index (χ2n) is 5.20. The predicted molar refractivity (Wildman–Crippen MR) is 76.1 cm³/mol. The van der Waals surface area contributed by atoms with Gasteiger partial charge in [0.25, 0.3) is 0 Å². The Bertz CT molecular complexity index is 631. The number of aryl methyl sites for hydroxylation is 1. The van der Waals surface area contributed by atoms with Crippen LogP contribution in [0.4, 0.5) is 0 Å². The van der Waals surface area contributed by atoms with E-state index in [1.54, 1.807) is 0 Å². The summed E-state index contributed by atoms with van der Waals surface area (Å²) in [5, 5.41) is 0. The van der Waals surface area contributed by atoms with Crippen molar-refractivity contribution in [3.05, 3.63) is 69.1 Å². The van der Waals surface area contributed by atoms with Crippen molar-refractivity contribution in [2.45, 2.75) is 26.4 Å². The van der Waals surface area contributed by atoms with Crippen LogP contribution >= 0.6 is 0 Å². The smallest absolute Gasteiger partial charge is 0.187 e. The summed E-state index contributed by atoms with van der Waals surface area (Å²) in [6.45, 7) is 4.60. The Kier molecular flexibility index (Phi) is 3.22. The largest absolute Gasteiger partial charge is 0.363 e. The number of H-pyrrole nitrogens is 1. The molecule has 3 rings (SSSR count). The monoisotopic (exact) mass is 254 g/mol. The highest BCUT2D eigenvalue weighted by Crippen LogP contribution is 2.16. The highest BCUT2D eigenvalue weighted by Gasteiger charge is 2.19. The minimum Gasteiger partial charge on any atom is -0.363 e. The molecule has 0 atom stereocenters. The summed E-state index contributed by atoms with van der Waals surface area (Å²) in [6, 6.07) is 10.5. The van der Waals surface area contributed by atoms with Crippen LogP contribution in [0.15, 0.2) is 41.3 Å². The number of fused-ring (bicyclic) bond motifs is 1. The molecule has 1 aliphatic rings. The Hall–Kier alpha value is -1.87. The maximum absolute atomic E-state index is 12.0. The van der Waals surface area contributed by atoms with E-state index >= 15 is 0 Å². The van der Waals surface area contributed by atoms with E-state index in [1.807, 2.05) is 19.2 Å². The van der Waals surface area contributed by atoms with Crippen molar-refractivity contribution in [2.24, 2.45) is 0 Å². The van der Waals surface area contributed by atoms with Gasteiger partial charge in [0.1, 0.15) is 0 Å². The number of aromatic nitrogens is 1. The number of pyridine rings is 1. The molecule has 1 aliphatic heterocycles. The van der Waals surface area contributed by atoms with Crippen LogP contribution in [0.5, 0.6) is 0 Å². The first-order chi connectivity index (χ1) is 9.24. The van der Waals surface area contributed by atoms with Crippen LogP contribution in [-0.2, 0) is 19.5 Å². The molecule has 0 saturated carbocycles. The summed E-state index contributed by atoms with van der Waals surface area (Å²) < 4.78 is 0. The van der Waals surface area contributed by atoms with Crippen molar-refractivity contribution < 1.29 is 0 Å². The maximum Gasteiger partial charge on any atom is 0.187 e. The zero-order chi connectivity index (χ0) is 13.2. The van der Waals surface area contributed by atoms with Gasteiger partial charge in [0.15, 0.2) is 5.43 Å². The second kappa shape index (κ2) is 5.02. The van der Waals surface area contributed by atoms with Gasteiger partial charge in [-0.15, -0.1) is 0 Å². The van der Waals surface area contributed by atoms with E-state index in [0.717, 1.165) is 42.9 Å². The van der Waals surface area contributed by atoms with Crippen molar-refractivity contribution in [3.63, 3.8) is 0 Å². The molecule has 1 aromatic heterocycles. The molecule has 3 heteroatoms. The highest BCUT2D eigenvalue weighted by molar-refractivity contribution is 5.27. The van der Waals surface area contributed by atoms with E-state index in [9.17, 15) is 4.79 Å². The molecular formula is C16H18N2O. The fourth-order valence-corrected chi connectivity index (χ4v) is 2.68. The molecule has 2 heterocycles. The molecule has 0 fully saturated rings. The molecule has 3 nitrogen and oxygen atoms in total. The van der Waals surface area contributed by atoms with Crippen LogP contribution in [0.3, 0.4) is 0 Å². The van der Waals surface area contributed by atoms with Gasteiger partial charge in [-0.05, 0) is 18.9 Å². The maximum atomic E-state index is 12.0. The number of nitrogens with zero attached hydrogens (tertiary/aromatic N) is 1. The first-order valence-electron chi connectivity index (χ1n) is 6.70. The lowest BCUT2D eigenvalue weighted by Gasteiger charge is -2.28. The standard InChI is InChI=1S/C16H18N2O/c1-12-9-17-15-11-18(8-7-14(15)16(12)19)10-13-5-3-2-4-6-13/h2-6,9H,7-8,10-11H2,1H3,(H,17,19). The van der Waals surface area contributed by atoms with E-state index < -0.39 is 0 Å². The van der Waals surface area contributed by atoms with Gasteiger partial charge in [-0.25, -0.2) is 0 Å². The minimum atomic E-state index is 0.216. The number of hydrogen-bond acceptors (Lipinski definition) is 2. The first-order valence-corrected chi connectivity index (χ1v) is 6.70. The molecule has 1 aromatic carbocycles. The Morgan fingerprint density at radius 1 is 1.26 bits per heavy atom. The van der Waals surface area contributed by atoms with Gasteiger partial charge in [0.2, 0.25) is 0 Å². The molecule has 0 amide bonds. The van der Waals surface area contributed by atoms with Crippen molar-refractivity contribution in [2.75, 3.05) is 6.54 Å². The Morgan fingerprint density at radius 3 is 2.84 bits per heavy atom. The molecule has 0 spiro atoms. The van der Waals surface area contributed by atoms with E-state index in [0.29, 0.717) is 0 Å². The Balaban J connectivity index is 1.80. The van der Waals surface area contributed by atoms with E-state index in [4.69, 9.17) is 0 Å². The fraction of sp³-hybridized carbons (Fsp3) is 0.312. The summed E-state index contributed by atoms with van der Waals surface area (Å²) in [7, 11) is 0. The third-order valence-corrected chi connectivity index (χ3v) is 3.77. The molecule has 2 aromatic rings. The van der Waals surface area contributed by atoms with Gasteiger partial charge in [-0.1, -0.05) is 30.3 Å². The highest BCUT2D eigenvalue weighted by atomic mass is 16.1. The summed E-state index contributed by atoms with van der Waals surface area (Å²) >= 11 is 0. The zero-order valence-corrected chi connectivity index (χ0v) is 11.1. The third-order valence-electron chi connectivity index (χ3n) is 3.77. The van der Waals surface area contributed by atoms with Crippen LogP contribution in [0.2, 0.25) is 0 Å². The van der Waals surface area contributed by atoms with Gasteiger partial charge >= 0.3 is 0 Å². The molecule has 98 valence electrons. The van der Waals surface area contributed by atoms with Crippen LogP contribution in [0.25, 0.3) is 0 Å².